The summed E-state index contributed by atoms with van der Waals surface area (Å²) in [6, 6.07) is 12.3. The summed E-state index contributed by atoms with van der Waals surface area (Å²) in [6.07, 6.45) is 3.12. The van der Waals surface area contributed by atoms with Gasteiger partial charge in [0.25, 0.3) is 5.89 Å². The molecule has 2 heterocycles. The molecule has 5 rings (SSSR count). The molecule has 7 nitrogen and oxygen atoms in total. The quantitative estimate of drug-likeness (QED) is 0.730. The highest BCUT2D eigenvalue weighted by molar-refractivity contribution is 5.60. The summed E-state index contributed by atoms with van der Waals surface area (Å²) in [5.74, 6) is 3.47. The molecule has 0 fully saturated rings. The van der Waals surface area contributed by atoms with Crippen LogP contribution in [0.2, 0.25) is 0 Å². The van der Waals surface area contributed by atoms with Crippen molar-refractivity contribution in [3.63, 3.8) is 0 Å². The van der Waals surface area contributed by atoms with Crippen molar-refractivity contribution in [3.8, 4) is 28.7 Å². The van der Waals surface area contributed by atoms with Gasteiger partial charge in [0.15, 0.2) is 17.3 Å². The molecule has 0 saturated carbocycles. The molecule has 0 bridgehead atoms. The fraction of sp³-hybridized carbons (Fsp3) is 0.333. The predicted molar refractivity (Wildman–Crippen MR) is 102 cm³/mol. The Balaban J connectivity index is 1.23. The lowest BCUT2D eigenvalue weighted by Crippen LogP contribution is -2.34. The van der Waals surface area contributed by atoms with Crippen LogP contribution in [-0.4, -0.2) is 30.1 Å². The third-order valence-corrected chi connectivity index (χ3v) is 5.28. The molecule has 3 aromatic rings. The topological polar surface area (TPSA) is 78.6 Å². The molecular weight excluding hydrogens is 358 g/mol. The van der Waals surface area contributed by atoms with E-state index in [4.69, 9.17) is 18.7 Å². The van der Waals surface area contributed by atoms with Crippen molar-refractivity contribution in [2.75, 3.05) is 13.9 Å². The smallest absolute Gasteiger partial charge is 0.258 e. The van der Waals surface area contributed by atoms with Crippen LogP contribution in [-0.2, 0) is 19.4 Å². The number of nitrogens with one attached hydrogen (secondary N) is 1. The highest BCUT2D eigenvalue weighted by Crippen LogP contribution is 2.35. The second-order valence-electron chi connectivity index (χ2n) is 7.04. The van der Waals surface area contributed by atoms with Crippen molar-refractivity contribution in [2.45, 2.75) is 31.8 Å². The number of rotatable bonds is 5. The summed E-state index contributed by atoms with van der Waals surface area (Å²) in [6.45, 7) is 0.812. The number of hydrogen-bond acceptors (Lipinski definition) is 7. The monoisotopic (exact) mass is 379 g/mol. The maximum atomic E-state index is 5.42. The first-order valence-electron chi connectivity index (χ1n) is 9.40. The number of aromatic nitrogens is 2. The molecular formula is C21H21N3O4. The average Bonchev–Trinajstić information content (AvgIpc) is 3.40. The van der Waals surface area contributed by atoms with Gasteiger partial charge in [-0.05, 0) is 60.7 Å². The molecule has 1 N–H and O–H groups in total. The number of fused-ring (bicyclic) bond motifs is 2. The lowest BCUT2D eigenvalue weighted by atomic mass is 9.88. The van der Waals surface area contributed by atoms with Gasteiger partial charge >= 0.3 is 0 Å². The molecule has 1 atom stereocenters. The fourth-order valence-electron chi connectivity index (χ4n) is 3.74. The van der Waals surface area contributed by atoms with E-state index in [1.54, 1.807) is 7.11 Å². The summed E-state index contributed by atoms with van der Waals surface area (Å²) in [5, 5.41) is 7.65. The Kier molecular flexibility index (Phi) is 4.37. The fourth-order valence-corrected chi connectivity index (χ4v) is 3.74. The van der Waals surface area contributed by atoms with Crippen LogP contribution in [0.1, 0.15) is 23.4 Å². The van der Waals surface area contributed by atoms with Crippen LogP contribution < -0.4 is 19.5 Å². The Bertz CT molecular complexity index is 1000. The summed E-state index contributed by atoms with van der Waals surface area (Å²) in [5.41, 5.74) is 3.57. The zero-order valence-electron chi connectivity index (χ0n) is 15.6. The third kappa shape index (κ3) is 3.29. The van der Waals surface area contributed by atoms with Gasteiger partial charge in [-0.2, -0.15) is 4.98 Å². The number of nitrogens with zero attached hydrogens (tertiary/aromatic N) is 2. The van der Waals surface area contributed by atoms with Crippen LogP contribution in [0, 0.1) is 0 Å². The molecule has 1 aliphatic carbocycles. The molecule has 0 spiro atoms. The number of aryl methyl sites for hydroxylation is 1. The van der Waals surface area contributed by atoms with Gasteiger partial charge in [-0.1, -0.05) is 11.2 Å². The largest absolute Gasteiger partial charge is 0.497 e. The van der Waals surface area contributed by atoms with Gasteiger partial charge in [-0.25, -0.2) is 0 Å². The van der Waals surface area contributed by atoms with E-state index in [0.717, 1.165) is 36.3 Å². The summed E-state index contributed by atoms with van der Waals surface area (Å²) in [4.78, 5) is 4.51. The molecule has 1 aliphatic heterocycles. The van der Waals surface area contributed by atoms with Crippen LogP contribution in [0.15, 0.2) is 40.9 Å². The highest BCUT2D eigenvalue weighted by Gasteiger charge is 2.20. The number of hydrogen-bond donors (Lipinski definition) is 1. The van der Waals surface area contributed by atoms with Crippen molar-refractivity contribution < 1.29 is 18.7 Å². The highest BCUT2D eigenvalue weighted by atomic mass is 16.7. The Morgan fingerprint density at radius 2 is 2.04 bits per heavy atom. The zero-order valence-corrected chi connectivity index (χ0v) is 15.6. The minimum atomic E-state index is 0.244. The van der Waals surface area contributed by atoms with Gasteiger partial charge < -0.3 is 24.1 Å². The molecule has 7 heteroatoms. The third-order valence-electron chi connectivity index (χ3n) is 5.28. The Hall–Kier alpha value is -3.06. The number of methoxy groups -OCH3 is 1. The normalized spacial score (nSPS) is 17.4. The maximum Gasteiger partial charge on any atom is 0.258 e. The first-order chi connectivity index (χ1) is 13.8. The lowest BCUT2D eigenvalue weighted by Gasteiger charge is -2.25. The molecule has 2 aromatic carbocycles. The molecule has 1 aromatic heterocycles. The van der Waals surface area contributed by atoms with E-state index < -0.39 is 0 Å². The van der Waals surface area contributed by atoms with Crippen LogP contribution in [0.5, 0.6) is 17.2 Å². The van der Waals surface area contributed by atoms with Crippen LogP contribution in [0.4, 0.5) is 0 Å². The van der Waals surface area contributed by atoms with E-state index in [2.05, 4.69) is 27.6 Å². The summed E-state index contributed by atoms with van der Waals surface area (Å²) in [7, 11) is 1.70. The van der Waals surface area contributed by atoms with Gasteiger partial charge in [0.05, 0.1) is 13.7 Å². The standard InChI is InChI=1S/C21H21N3O4/c1-25-17-6-3-13-2-5-16(8-15(13)9-17)22-11-20-23-21(28-24-20)14-4-7-18-19(10-14)27-12-26-18/h3-4,6-7,9-10,16,22H,2,5,8,11-12H2,1H3/t16-/m0/s1. The van der Waals surface area contributed by atoms with Crippen molar-refractivity contribution in [2.24, 2.45) is 0 Å². The Morgan fingerprint density at radius 1 is 1.11 bits per heavy atom. The van der Waals surface area contributed by atoms with Crippen molar-refractivity contribution in [1.29, 1.82) is 0 Å². The van der Waals surface area contributed by atoms with E-state index >= 15 is 0 Å². The molecule has 2 aliphatic rings. The van der Waals surface area contributed by atoms with E-state index in [0.29, 0.717) is 30.1 Å². The maximum absolute atomic E-state index is 5.42. The Labute approximate surface area is 162 Å². The van der Waals surface area contributed by atoms with E-state index in [1.807, 2.05) is 24.3 Å². The molecule has 0 unspecified atom stereocenters. The van der Waals surface area contributed by atoms with Gasteiger partial charge in [-0.15, -0.1) is 0 Å². The molecule has 0 amide bonds. The van der Waals surface area contributed by atoms with Crippen LogP contribution in [0.3, 0.4) is 0 Å². The SMILES string of the molecule is COc1ccc2c(c1)C[C@@H](NCc1noc(-c3ccc4c(c3)OCO4)n1)CC2. The van der Waals surface area contributed by atoms with Crippen molar-refractivity contribution >= 4 is 0 Å². The molecule has 28 heavy (non-hydrogen) atoms. The number of benzene rings is 2. The van der Waals surface area contributed by atoms with Crippen LogP contribution in [0.25, 0.3) is 11.5 Å². The first kappa shape index (κ1) is 17.1. The average molecular weight is 379 g/mol. The second kappa shape index (κ2) is 7.16. The van der Waals surface area contributed by atoms with E-state index in [1.165, 1.54) is 11.1 Å². The molecule has 0 saturated heterocycles. The second-order valence-corrected chi connectivity index (χ2v) is 7.04. The summed E-state index contributed by atoms with van der Waals surface area (Å²) >= 11 is 0. The van der Waals surface area contributed by atoms with E-state index in [-0.39, 0.29) is 6.79 Å². The molecule has 144 valence electrons. The number of ether oxygens (including phenoxy) is 3. The van der Waals surface area contributed by atoms with Crippen molar-refractivity contribution in [1.82, 2.24) is 15.5 Å². The Morgan fingerprint density at radius 3 is 2.96 bits per heavy atom. The van der Waals surface area contributed by atoms with Gasteiger partial charge in [0.2, 0.25) is 6.79 Å². The van der Waals surface area contributed by atoms with Gasteiger partial charge in [0, 0.05) is 11.6 Å². The summed E-state index contributed by atoms with van der Waals surface area (Å²) < 4.78 is 21.5. The lowest BCUT2D eigenvalue weighted by molar-refractivity contribution is 0.174. The minimum absolute atomic E-state index is 0.244. The van der Waals surface area contributed by atoms with Crippen molar-refractivity contribution in [3.05, 3.63) is 53.3 Å². The van der Waals surface area contributed by atoms with Crippen LogP contribution >= 0.6 is 0 Å². The molecule has 0 radical (unpaired) electrons. The van der Waals surface area contributed by atoms with E-state index in [9.17, 15) is 0 Å². The first-order valence-corrected chi connectivity index (χ1v) is 9.40. The van der Waals surface area contributed by atoms with Gasteiger partial charge in [-0.3, -0.25) is 0 Å². The zero-order chi connectivity index (χ0) is 18.9. The minimum Gasteiger partial charge on any atom is -0.497 e. The predicted octanol–water partition coefficient (Wildman–Crippen LogP) is 3.12. The van der Waals surface area contributed by atoms with Gasteiger partial charge in [0.1, 0.15) is 5.75 Å².